The molecule has 246 valence electrons. The molecule has 47 heavy (non-hydrogen) atoms. The van der Waals surface area contributed by atoms with Gasteiger partial charge in [-0.05, 0) is 42.0 Å². The fourth-order valence-electron chi connectivity index (χ4n) is 5.54. The Morgan fingerprint density at radius 3 is 2.11 bits per heavy atom. The molecule has 5 rings (SSSR count). The third-order valence-electron chi connectivity index (χ3n) is 8.73. The van der Waals surface area contributed by atoms with Gasteiger partial charge in [-0.3, -0.25) is 14.4 Å². The number of benzene rings is 3. The van der Waals surface area contributed by atoms with Crippen LogP contribution in [0.4, 0.5) is 4.79 Å². The molecule has 4 N–H and O–H groups in total. The first-order valence-electron chi connectivity index (χ1n) is 16.0. The Balaban J connectivity index is 1.37. The summed E-state index contributed by atoms with van der Waals surface area (Å²) in [5.74, 6) is -1.54. The van der Waals surface area contributed by atoms with Crippen LogP contribution in [0.1, 0.15) is 43.9 Å². The van der Waals surface area contributed by atoms with Crippen LogP contribution in [0.5, 0.6) is 0 Å². The number of carbonyl (C=O) groups is 4. The van der Waals surface area contributed by atoms with E-state index in [1.165, 1.54) is 0 Å². The maximum absolute atomic E-state index is 14.1. The number of nitrogens with one attached hydrogen (secondary N) is 4. The van der Waals surface area contributed by atoms with E-state index in [2.05, 4.69) is 20.9 Å². The minimum Gasteiger partial charge on any atom is -0.445 e. The van der Waals surface area contributed by atoms with Crippen molar-refractivity contribution in [3.63, 3.8) is 0 Å². The number of hydrogen-bond acceptors (Lipinski definition) is 6. The summed E-state index contributed by atoms with van der Waals surface area (Å²) in [7, 11) is 0. The van der Waals surface area contributed by atoms with E-state index in [4.69, 9.17) is 9.47 Å². The summed E-state index contributed by atoms with van der Waals surface area (Å²) in [5, 5.41) is 9.45. The first kappa shape index (κ1) is 33.4. The second kappa shape index (κ2) is 15.1. The zero-order valence-corrected chi connectivity index (χ0v) is 27.0. The topological polar surface area (TPSA) is 142 Å². The van der Waals surface area contributed by atoms with Crippen molar-refractivity contribution < 1.29 is 28.7 Å². The molecule has 0 spiro atoms. The largest absolute Gasteiger partial charge is 0.445 e. The molecule has 5 atom stereocenters. The van der Waals surface area contributed by atoms with Gasteiger partial charge in [-0.15, -0.1) is 0 Å². The second-order valence-electron chi connectivity index (χ2n) is 12.3. The summed E-state index contributed by atoms with van der Waals surface area (Å²) >= 11 is 0. The monoisotopic (exact) mass is 638 g/mol. The van der Waals surface area contributed by atoms with Crippen LogP contribution in [-0.4, -0.2) is 59.0 Å². The molecule has 1 aliphatic rings. The van der Waals surface area contributed by atoms with Gasteiger partial charge in [0.05, 0.1) is 12.6 Å². The molecule has 1 fully saturated rings. The van der Waals surface area contributed by atoms with Crippen LogP contribution < -0.4 is 16.0 Å². The lowest BCUT2D eigenvalue weighted by Gasteiger charge is -2.27. The van der Waals surface area contributed by atoms with Gasteiger partial charge in [-0.1, -0.05) is 99.1 Å². The average molecular weight is 639 g/mol. The van der Waals surface area contributed by atoms with Gasteiger partial charge in [0.2, 0.25) is 11.8 Å². The van der Waals surface area contributed by atoms with Gasteiger partial charge in [0.15, 0.2) is 5.78 Å². The molecule has 0 bridgehead atoms. The summed E-state index contributed by atoms with van der Waals surface area (Å²) < 4.78 is 10.8. The number of Topliss-reactive ketones (excluding diaryl/α,β-unsaturated/α-hetero) is 1. The number of carbonyl (C=O) groups excluding carboxylic acids is 4. The maximum atomic E-state index is 14.1. The minimum absolute atomic E-state index is 0.0482. The van der Waals surface area contributed by atoms with E-state index in [1.807, 2.05) is 105 Å². The van der Waals surface area contributed by atoms with Gasteiger partial charge in [-0.2, -0.15) is 0 Å². The highest BCUT2D eigenvalue weighted by Gasteiger charge is 2.50. The number of alkyl carbamates (subject to hydrolysis) is 1. The summed E-state index contributed by atoms with van der Waals surface area (Å²) in [6.07, 6.45) is 2.07. The molecular formula is C37H42N4O6. The van der Waals surface area contributed by atoms with Crippen LogP contribution in [0.3, 0.4) is 0 Å². The van der Waals surface area contributed by atoms with Gasteiger partial charge >= 0.3 is 6.09 Å². The third-order valence-corrected chi connectivity index (χ3v) is 8.73. The van der Waals surface area contributed by atoms with Gasteiger partial charge in [-0.25, -0.2) is 4.79 Å². The highest BCUT2D eigenvalue weighted by molar-refractivity contribution is 5.99. The number of hydrogen-bond donors (Lipinski definition) is 4. The van der Waals surface area contributed by atoms with Crippen molar-refractivity contribution in [3.8, 4) is 0 Å². The van der Waals surface area contributed by atoms with Crippen LogP contribution in [-0.2, 0) is 43.3 Å². The smallest absolute Gasteiger partial charge is 0.408 e. The average Bonchev–Trinajstić information content (AvgIpc) is 3.72. The Hall–Kier alpha value is -4.96. The van der Waals surface area contributed by atoms with Gasteiger partial charge in [0, 0.05) is 23.5 Å². The number of ketones is 1. The van der Waals surface area contributed by atoms with E-state index in [0.717, 1.165) is 27.6 Å². The minimum atomic E-state index is -1.06. The van der Waals surface area contributed by atoms with E-state index in [1.54, 1.807) is 6.92 Å². The number of ether oxygens (including phenoxy) is 2. The third kappa shape index (κ3) is 8.65. The molecule has 1 saturated heterocycles. The summed E-state index contributed by atoms with van der Waals surface area (Å²) in [6.45, 7) is 5.81. The van der Waals surface area contributed by atoms with Crippen molar-refractivity contribution in [2.24, 2.45) is 5.92 Å². The van der Waals surface area contributed by atoms with Gasteiger partial charge in [0.25, 0.3) is 0 Å². The number of para-hydroxylation sites is 1. The molecule has 0 radical (unpaired) electrons. The van der Waals surface area contributed by atoms with Crippen molar-refractivity contribution >= 4 is 34.6 Å². The van der Waals surface area contributed by atoms with E-state index in [9.17, 15) is 19.2 Å². The van der Waals surface area contributed by atoms with Crippen LogP contribution in [0.25, 0.3) is 10.9 Å². The van der Waals surface area contributed by atoms with E-state index >= 15 is 0 Å². The molecule has 0 aliphatic carbocycles. The Morgan fingerprint density at radius 2 is 1.45 bits per heavy atom. The molecular weight excluding hydrogens is 596 g/mol. The SMILES string of the molecule is CCC(C)[C@@H](NC(=O)OCc1ccccc1)C(=O)N[C@@H](Cc1c[nH]c2ccccc12)C(=O)NC(Cc1ccccc1)C(=O)C1(C)CO1. The molecule has 1 aromatic heterocycles. The van der Waals surface area contributed by atoms with E-state index in [-0.39, 0.29) is 37.8 Å². The van der Waals surface area contributed by atoms with Crippen molar-refractivity contribution in [2.75, 3.05) is 6.61 Å². The van der Waals surface area contributed by atoms with Crippen molar-refractivity contribution in [1.82, 2.24) is 20.9 Å². The molecule has 10 nitrogen and oxygen atoms in total. The number of epoxide rings is 1. The van der Waals surface area contributed by atoms with E-state index < -0.39 is 41.6 Å². The zero-order chi connectivity index (χ0) is 33.4. The molecule has 0 saturated carbocycles. The first-order valence-corrected chi connectivity index (χ1v) is 16.0. The molecule has 4 aromatic rings. The lowest BCUT2D eigenvalue weighted by atomic mass is 9.94. The number of amides is 3. The molecule has 10 heteroatoms. The number of fused-ring (bicyclic) bond motifs is 1. The van der Waals surface area contributed by atoms with Crippen molar-refractivity contribution in [3.05, 3.63) is 108 Å². The number of aromatic amines is 1. The second-order valence-corrected chi connectivity index (χ2v) is 12.3. The standard InChI is InChI=1S/C37H42N4O6/c1-4-24(2)32(41-36(45)46-22-26-15-9-6-10-16-26)35(44)40-31(20-27-21-38-29-18-12-11-17-28(27)29)34(43)39-30(33(42)37(3)23-47-37)19-25-13-7-5-8-14-25/h5-18,21,24,30-32,38H,4,19-20,22-23H2,1-3H3,(H,39,43)(H,40,44)(H,41,45)/t24?,30?,31-,32+,37?/m0/s1. The maximum Gasteiger partial charge on any atom is 0.408 e. The fourth-order valence-corrected chi connectivity index (χ4v) is 5.54. The fraction of sp³-hybridized carbons (Fsp3) is 0.351. The predicted octanol–water partition coefficient (Wildman–Crippen LogP) is 4.62. The van der Waals surface area contributed by atoms with Gasteiger partial charge in [0.1, 0.15) is 24.3 Å². The highest BCUT2D eigenvalue weighted by Crippen LogP contribution is 2.29. The zero-order valence-electron chi connectivity index (χ0n) is 27.0. The first-order chi connectivity index (χ1) is 22.7. The number of rotatable bonds is 15. The predicted molar refractivity (Wildman–Crippen MR) is 178 cm³/mol. The van der Waals surface area contributed by atoms with Crippen LogP contribution >= 0.6 is 0 Å². The normalized spacial score (nSPS) is 17.9. The Labute approximate surface area is 274 Å². The van der Waals surface area contributed by atoms with Crippen LogP contribution in [0.2, 0.25) is 0 Å². The molecule has 3 unspecified atom stereocenters. The van der Waals surface area contributed by atoms with Crippen LogP contribution in [0, 0.1) is 5.92 Å². The Kier molecular flexibility index (Phi) is 10.7. The number of H-pyrrole nitrogens is 1. The van der Waals surface area contributed by atoms with Crippen molar-refractivity contribution in [1.29, 1.82) is 0 Å². The lowest BCUT2D eigenvalue weighted by Crippen LogP contribution is -2.58. The summed E-state index contributed by atoms with van der Waals surface area (Å²) in [4.78, 5) is 57.6. The molecule has 3 aromatic carbocycles. The van der Waals surface area contributed by atoms with E-state index in [0.29, 0.717) is 6.42 Å². The van der Waals surface area contributed by atoms with Gasteiger partial charge < -0.3 is 30.4 Å². The molecule has 2 heterocycles. The molecule has 3 amide bonds. The lowest BCUT2D eigenvalue weighted by molar-refractivity contribution is -0.133. The summed E-state index contributed by atoms with van der Waals surface area (Å²) in [5.41, 5.74) is 2.44. The summed E-state index contributed by atoms with van der Waals surface area (Å²) in [6, 6.07) is 23.5. The number of aromatic nitrogens is 1. The highest BCUT2D eigenvalue weighted by atomic mass is 16.6. The Morgan fingerprint density at radius 1 is 0.830 bits per heavy atom. The quantitative estimate of drug-likeness (QED) is 0.140. The molecule has 1 aliphatic heterocycles. The Bertz CT molecular complexity index is 1680. The van der Waals surface area contributed by atoms with Crippen molar-refractivity contribution in [2.45, 2.75) is 70.4 Å². The van der Waals surface area contributed by atoms with Crippen LogP contribution in [0.15, 0.2) is 91.1 Å².